The Kier molecular flexibility index (Phi) is 39.7. The van der Waals surface area contributed by atoms with Crippen LogP contribution in [0.5, 0.6) is 17.2 Å². The Bertz CT molecular complexity index is 3110. The molecule has 7 atom stereocenters. The van der Waals surface area contributed by atoms with Crippen molar-refractivity contribution < 1.29 is 88.2 Å². The second-order valence-electron chi connectivity index (χ2n) is 27.4. The minimum atomic E-state index is -3.50. The average molecular weight is 1480 g/mol. The van der Waals surface area contributed by atoms with Crippen molar-refractivity contribution in [1.82, 2.24) is 20.6 Å². The Morgan fingerprint density at radius 1 is 0.525 bits per heavy atom. The molecule has 5 aromatic carbocycles. The van der Waals surface area contributed by atoms with E-state index in [2.05, 4.69) is 81.2 Å². The fourth-order valence-electron chi connectivity index (χ4n) is 10.2. The van der Waals surface area contributed by atoms with Crippen molar-refractivity contribution in [2.24, 2.45) is 5.92 Å². The summed E-state index contributed by atoms with van der Waals surface area (Å²) in [5, 5.41) is 12.6. The van der Waals surface area contributed by atoms with Crippen molar-refractivity contribution in [2.45, 2.75) is 176 Å². The third-order valence-electron chi connectivity index (χ3n) is 14.5. The Morgan fingerprint density at radius 2 is 1.02 bits per heavy atom. The van der Waals surface area contributed by atoms with E-state index in [9.17, 15) is 13.7 Å². The van der Waals surface area contributed by atoms with Crippen molar-refractivity contribution in [3.63, 3.8) is 0 Å². The quantitative estimate of drug-likeness (QED) is 0.0122. The largest absolute Gasteiger partial charge is 0.497 e. The van der Waals surface area contributed by atoms with Gasteiger partial charge >= 0.3 is 23.2 Å². The van der Waals surface area contributed by atoms with Crippen LogP contribution in [0.3, 0.4) is 0 Å². The highest BCUT2D eigenvalue weighted by Gasteiger charge is 2.38. The minimum Gasteiger partial charge on any atom is -0.497 e. The molecule has 7 unspecified atom stereocenters. The Balaban J connectivity index is 0.000000325. The lowest BCUT2D eigenvalue weighted by molar-refractivity contribution is -0.106. The molecule has 570 valence electrons. The van der Waals surface area contributed by atoms with Gasteiger partial charge in [-0.25, -0.2) is 29.0 Å². The molecule has 0 amide bonds. The van der Waals surface area contributed by atoms with Gasteiger partial charge in [0.2, 0.25) is 0 Å². The van der Waals surface area contributed by atoms with Crippen LogP contribution in [0.2, 0.25) is 0 Å². The molecule has 0 radical (unpaired) electrons. The molecule has 6 rings (SSSR count). The van der Waals surface area contributed by atoms with Gasteiger partial charge in [-0.2, -0.15) is 0 Å². The summed E-state index contributed by atoms with van der Waals surface area (Å²) in [5.41, 5.74) is 2.78. The third kappa shape index (κ3) is 34.5. The fourth-order valence-corrected chi connectivity index (χ4v) is 15.7. The lowest BCUT2D eigenvalue weighted by Crippen LogP contribution is -2.46. The first kappa shape index (κ1) is 88.9. The van der Waals surface area contributed by atoms with Crippen LogP contribution in [-0.4, -0.2) is 150 Å². The first-order chi connectivity index (χ1) is 47.8. The monoisotopic (exact) mass is 1470 g/mol. The maximum atomic E-state index is 13.2. The van der Waals surface area contributed by atoms with Crippen molar-refractivity contribution >= 4 is 23.2 Å². The summed E-state index contributed by atoms with van der Waals surface area (Å²) in [4.78, 5) is 0. The fraction of sp³-hybridized carbons (Fsp3) is 0.600. The van der Waals surface area contributed by atoms with Crippen LogP contribution in [0.25, 0.3) is 0 Å². The van der Waals surface area contributed by atoms with Crippen molar-refractivity contribution in [3.8, 4) is 17.2 Å². The van der Waals surface area contributed by atoms with Crippen LogP contribution in [0.4, 0.5) is 0 Å². The molecule has 5 aromatic rings. The summed E-state index contributed by atoms with van der Waals surface area (Å²) < 4.78 is 129. The molecule has 0 spiro atoms. The number of hydrogen-bond acceptors (Lipinski definition) is 20. The highest BCUT2D eigenvalue weighted by Crippen LogP contribution is 2.51. The SMILES string of the molecule is CCOCC(C)COP(=O)(NCCOc1ccc(C(OC)OC)cc1)OC(C)(C)C.COCCC(C)OP(=O)(NCCCCC1COC(c2ccc(OC)cc2)O1)OC(C)(C)C.COc1ccc(C(NCCOCCNP(=O)(OC(C)C)OC(C)(C)C)(c2ccccc2)c2ccccc2)cc1. The third-order valence-corrected chi connectivity index (χ3v) is 20.5. The highest BCUT2D eigenvalue weighted by atomic mass is 31.2. The highest BCUT2D eigenvalue weighted by molar-refractivity contribution is 7.52. The van der Waals surface area contributed by atoms with E-state index in [0.29, 0.717) is 84.6 Å². The van der Waals surface area contributed by atoms with Crippen LogP contribution >= 0.6 is 23.2 Å². The van der Waals surface area contributed by atoms with Gasteiger partial charge in [-0.15, -0.1) is 0 Å². The van der Waals surface area contributed by atoms with Crippen LogP contribution in [-0.2, 0) is 79.5 Å². The van der Waals surface area contributed by atoms with Gasteiger partial charge in [0.05, 0.1) is 87.9 Å². The molecule has 1 aliphatic heterocycles. The van der Waals surface area contributed by atoms with E-state index in [1.807, 2.05) is 170 Å². The summed E-state index contributed by atoms with van der Waals surface area (Å²) >= 11 is 0. The van der Waals surface area contributed by atoms with Gasteiger partial charge in [0.15, 0.2) is 12.6 Å². The van der Waals surface area contributed by atoms with Gasteiger partial charge in [-0.3, -0.25) is 32.5 Å². The standard InChI is InChI=1S/C31H43N2O5P.C23H40NO7P.C21H38NO7P/c1-25(2)37-39(34,38-30(3,4)5)33-22-24-36-23-21-32-31(26-13-9-7-10-14-26,27-15-11-8-12-16-27)28-17-19-29(35-6)20-18-28;1-18(14-16-26-5)30-32(25,31-23(2,3)4)24-15-8-7-9-21-17-28-22(29-21)19-10-12-20(27-6)13-11-19;1-8-26-15-17(2)16-28-30(23,29-21(3,4)5)22-13-14-27-19-11-9-18(10-12-19)20(24-6)25-7/h7-20,25,32H,21-24H2,1-6H3,(H,33,34);10-13,18,21-22H,7-9,14-17H2,1-6H3,(H,24,25);9-12,17,20H,8,13-16H2,1-7H3,(H,22,23). The summed E-state index contributed by atoms with van der Waals surface area (Å²) in [5.74, 6) is 2.39. The van der Waals surface area contributed by atoms with Crippen molar-refractivity contribution in [1.29, 1.82) is 0 Å². The number of unbranched alkanes of at least 4 members (excludes halogenated alkanes) is 1. The molecule has 23 nitrogen and oxygen atoms in total. The molecule has 4 N–H and O–H groups in total. The molecule has 0 bridgehead atoms. The Morgan fingerprint density at radius 3 is 1.54 bits per heavy atom. The summed E-state index contributed by atoms with van der Waals surface area (Å²) in [6, 6.07) is 44.1. The van der Waals surface area contributed by atoms with Crippen LogP contribution < -0.4 is 34.8 Å². The van der Waals surface area contributed by atoms with Crippen molar-refractivity contribution in [2.75, 3.05) is 115 Å². The Labute approximate surface area is 604 Å². The van der Waals surface area contributed by atoms with Gasteiger partial charge in [0, 0.05) is 77.8 Å². The number of hydrogen-bond donors (Lipinski definition) is 4. The van der Waals surface area contributed by atoms with Gasteiger partial charge in [-0.05, 0) is 169 Å². The smallest absolute Gasteiger partial charge is 0.406 e. The van der Waals surface area contributed by atoms with E-state index in [0.717, 1.165) is 58.6 Å². The maximum Gasteiger partial charge on any atom is 0.406 e. The molecular weight excluding hydrogens is 1350 g/mol. The predicted octanol–water partition coefficient (Wildman–Crippen LogP) is 16.3. The number of nitrogens with one attached hydrogen (secondary N) is 4. The second-order valence-corrected chi connectivity index (χ2v) is 32.6. The molecule has 0 aromatic heterocycles. The molecule has 0 saturated carbocycles. The lowest BCUT2D eigenvalue weighted by atomic mass is 9.77. The molecule has 0 aliphatic carbocycles. The first-order valence-electron chi connectivity index (χ1n) is 34.9. The van der Waals surface area contributed by atoms with Gasteiger partial charge in [-0.1, -0.05) is 104 Å². The van der Waals surface area contributed by atoms with E-state index in [-0.39, 0.29) is 37.1 Å². The maximum absolute atomic E-state index is 13.2. The normalized spacial score (nSPS) is 16.8. The van der Waals surface area contributed by atoms with E-state index >= 15 is 0 Å². The Hall–Kier alpha value is -4.49. The molecule has 1 heterocycles. The van der Waals surface area contributed by atoms with E-state index < -0.39 is 51.9 Å². The zero-order valence-corrected chi connectivity index (χ0v) is 66.3. The van der Waals surface area contributed by atoms with Gasteiger partial charge in [0.25, 0.3) is 0 Å². The first-order valence-corrected chi connectivity index (χ1v) is 39.5. The zero-order chi connectivity index (χ0) is 74.6. The summed E-state index contributed by atoms with van der Waals surface area (Å²) in [7, 11) is -2.27. The van der Waals surface area contributed by atoms with E-state index in [4.69, 9.17) is 74.5 Å². The predicted molar refractivity (Wildman–Crippen MR) is 398 cm³/mol. The molecule has 1 aliphatic rings. The molecule has 26 heteroatoms. The lowest BCUT2D eigenvalue weighted by Gasteiger charge is -2.37. The average Bonchev–Trinajstić information content (AvgIpc) is 1.01. The number of methoxy groups -OCH3 is 5. The second kappa shape index (κ2) is 45.1. The molecular formula is C75H121N4O19P3. The van der Waals surface area contributed by atoms with E-state index in [1.54, 1.807) is 35.5 Å². The minimum absolute atomic E-state index is 0.0463. The number of rotatable bonds is 44. The van der Waals surface area contributed by atoms with Crippen LogP contribution in [0, 0.1) is 5.92 Å². The van der Waals surface area contributed by atoms with Crippen LogP contribution in [0.1, 0.15) is 163 Å². The van der Waals surface area contributed by atoms with Gasteiger partial charge < -0.3 is 47.4 Å². The molecule has 101 heavy (non-hydrogen) atoms. The summed E-state index contributed by atoms with van der Waals surface area (Å²) in [6.45, 7) is 31.5. The number of benzene rings is 5. The summed E-state index contributed by atoms with van der Waals surface area (Å²) in [6.07, 6.45) is 2.05. The van der Waals surface area contributed by atoms with Crippen LogP contribution in [0.15, 0.2) is 133 Å². The van der Waals surface area contributed by atoms with E-state index in [1.165, 1.54) is 0 Å². The number of ether oxygens (including phenoxy) is 10. The molecule has 1 fully saturated rings. The molecule has 1 saturated heterocycles. The topological polar surface area (TPSA) is 247 Å². The van der Waals surface area contributed by atoms with Gasteiger partial charge in [0.1, 0.15) is 23.9 Å². The zero-order valence-electron chi connectivity index (χ0n) is 63.6. The van der Waals surface area contributed by atoms with Crippen molar-refractivity contribution in [3.05, 3.63) is 161 Å².